The van der Waals surface area contributed by atoms with E-state index in [0.717, 1.165) is 34.7 Å². The van der Waals surface area contributed by atoms with Gasteiger partial charge in [0.25, 0.3) is 0 Å². The van der Waals surface area contributed by atoms with Gasteiger partial charge in [-0.05, 0) is 87.3 Å². The van der Waals surface area contributed by atoms with Gasteiger partial charge in [-0.2, -0.15) is 4.98 Å². The van der Waals surface area contributed by atoms with E-state index in [4.69, 9.17) is 5.10 Å². The van der Waals surface area contributed by atoms with Crippen LogP contribution in [-0.2, 0) is 11.2 Å². The quantitative estimate of drug-likeness (QED) is 0.386. The zero-order chi connectivity index (χ0) is 23.3. The molecule has 4 aromatic rings. The van der Waals surface area contributed by atoms with E-state index in [1.807, 2.05) is 47.0 Å². The van der Waals surface area contributed by atoms with Crippen LogP contribution in [0.15, 0.2) is 66.7 Å². The molecule has 7 nitrogen and oxygen atoms in total. The monoisotopic (exact) mass is 454 g/mol. The van der Waals surface area contributed by atoms with Gasteiger partial charge in [0.2, 0.25) is 11.9 Å². The topological polar surface area (TPSA) is 74.6 Å². The summed E-state index contributed by atoms with van der Waals surface area (Å²) in [5.41, 5.74) is 5.79. The van der Waals surface area contributed by atoms with E-state index in [9.17, 15) is 4.79 Å². The highest BCUT2D eigenvalue weighted by atomic mass is 16.1. The van der Waals surface area contributed by atoms with Crippen molar-refractivity contribution >= 4 is 28.9 Å². The summed E-state index contributed by atoms with van der Waals surface area (Å²) in [4.78, 5) is 18.5. The molecule has 1 amide bonds. The number of aromatic nitrogens is 3. The second-order valence-electron chi connectivity index (χ2n) is 8.85. The van der Waals surface area contributed by atoms with Crippen LogP contribution in [0.3, 0.4) is 0 Å². The summed E-state index contributed by atoms with van der Waals surface area (Å²) in [5, 5.41) is 10.8. The van der Waals surface area contributed by atoms with Gasteiger partial charge in [0, 0.05) is 23.9 Å². The van der Waals surface area contributed by atoms with E-state index >= 15 is 0 Å². The molecule has 2 aromatic carbocycles. The molecular formula is C27H30N6O. The predicted molar refractivity (Wildman–Crippen MR) is 136 cm³/mol. The number of hydrogen-bond acceptors (Lipinski definition) is 5. The molecule has 0 atom stereocenters. The van der Waals surface area contributed by atoms with Crippen molar-refractivity contribution in [3.63, 3.8) is 0 Å². The van der Waals surface area contributed by atoms with Crippen molar-refractivity contribution in [2.24, 2.45) is 0 Å². The van der Waals surface area contributed by atoms with E-state index in [0.29, 0.717) is 5.95 Å². The highest BCUT2D eigenvalue weighted by Crippen LogP contribution is 2.24. The van der Waals surface area contributed by atoms with Crippen LogP contribution in [0.2, 0.25) is 0 Å². The van der Waals surface area contributed by atoms with Gasteiger partial charge in [0.15, 0.2) is 5.65 Å². The van der Waals surface area contributed by atoms with Crippen molar-refractivity contribution < 1.29 is 4.79 Å². The molecule has 0 aliphatic carbocycles. The van der Waals surface area contributed by atoms with E-state index in [2.05, 4.69) is 44.8 Å². The van der Waals surface area contributed by atoms with Crippen molar-refractivity contribution in [2.75, 3.05) is 30.3 Å². The first-order valence-corrected chi connectivity index (χ1v) is 12.0. The highest BCUT2D eigenvalue weighted by molar-refractivity contribution is 5.89. The van der Waals surface area contributed by atoms with Crippen LogP contribution in [0.4, 0.5) is 17.3 Å². The number of nitrogens with one attached hydrogen (secondary N) is 2. The van der Waals surface area contributed by atoms with Crippen LogP contribution in [-0.4, -0.2) is 45.0 Å². The molecule has 1 aliphatic rings. The van der Waals surface area contributed by atoms with Gasteiger partial charge in [-0.25, -0.2) is 4.52 Å². The number of anilines is 3. The summed E-state index contributed by atoms with van der Waals surface area (Å²) in [7, 11) is 0. The highest BCUT2D eigenvalue weighted by Gasteiger charge is 2.11. The number of pyridine rings is 1. The van der Waals surface area contributed by atoms with Crippen molar-refractivity contribution in [1.29, 1.82) is 0 Å². The number of amides is 1. The molecule has 174 valence electrons. The molecule has 0 bridgehead atoms. The molecule has 0 saturated carbocycles. The lowest BCUT2D eigenvalue weighted by Crippen LogP contribution is -2.20. The minimum atomic E-state index is -0.0862. The van der Waals surface area contributed by atoms with Gasteiger partial charge in [0.05, 0.1) is 5.69 Å². The summed E-state index contributed by atoms with van der Waals surface area (Å²) < 4.78 is 1.84. The van der Waals surface area contributed by atoms with Crippen LogP contribution < -0.4 is 10.6 Å². The number of benzene rings is 2. The molecule has 0 unspecified atom stereocenters. The Balaban J connectivity index is 1.26. The molecule has 7 heteroatoms. The predicted octanol–water partition coefficient (Wildman–Crippen LogP) is 5.13. The van der Waals surface area contributed by atoms with Crippen LogP contribution in [0.1, 0.15) is 31.7 Å². The first-order valence-electron chi connectivity index (χ1n) is 12.0. The molecule has 34 heavy (non-hydrogen) atoms. The molecule has 1 saturated heterocycles. The molecule has 3 heterocycles. The number of rotatable bonds is 8. The Labute approximate surface area is 199 Å². The lowest BCUT2D eigenvalue weighted by molar-refractivity contribution is -0.114. The minimum absolute atomic E-state index is 0.0862. The van der Waals surface area contributed by atoms with Crippen LogP contribution in [0.25, 0.3) is 16.9 Å². The van der Waals surface area contributed by atoms with Crippen molar-refractivity contribution in [2.45, 2.75) is 32.6 Å². The maximum absolute atomic E-state index is 11.3. The Bertz CT molecular complexity index is 1260. The van der Waals surface area contributed by atoms with Crippen molar-refractivity contribution in [1.82, 2.24) is 19.5 Å². The summed E-state index contributed by atoms with van der Waals surface area (Å²) in [5.74, 6) is 0.473. The Morgan fingerprint density at radius 3 is 2.41 bits per heavy atom. The lowest BCUT2D eigenvalue weighted by Gasteiger charge is -2.14. The van der Waals surface area contributed by atoms with Gasteiger partial charge >= 0.3 is 0 Å². The lowest BCUT2D eigenvalue weighted by atomic mass is 10.1. The maximum Gasteiger partial charge on any atom is 0.247 e. The summed E-state index contributed by atoms with van der Waals surface area (Å²) in [6.45, 7) is 5.23. The third kappa shape index (κ3) is 5.26. The third-order valence-electron chi connectivity index (χ3n) is 6.21. The summed E-state index contributed by atoms with van der Waals surface area (Å²) in [6.07, 6.45) is 5.01. The second-order valence-corrected chi connectivity index (χ2v) is 8.85. The van der Waals surface area contributed by atoms with E-state index < -0.39 is 0 Å². The zero-order valence-electron chi connectivity index (χ0n) is 19.5. The number of likely N-dealkylation sites (tertiary alicyclic amines) is 1. The number of carbonyl (C=O) groups excluding carboxylic acids is 1. The Morgan fingerprint density at radius 1 is 0.941 bits per heavy atom. The fourth-order valence-corrected chi connectivity index (χ4v) is 4.50. The number of aryl methyl sites for hydroxylation is 1. The fourth-order valence-electron chi connectivity index (χ4n) is 4.50. The van der Waals surface area contributed by atoms with Crippen molar-refractivity contribution in [3.8, 4) is 11.3 Å². The molecule has 5 rings (SSSR count). The van der Waals surface area contributed by atoms with Crippen LogP contribution in [0.5, 0.6) is 0 Å². The summed E-state index contributed by atoms with van der Waals surface area (Å²) >= 11 is 0. The molecule has 1 aliphatic heterocycles. The maximum atomic E-state index is 11.3. The molecule has 1 fully saturated rings. The largest absolute Gasteiger partial charge is 0.326 e. The standard InChI is InChI=1S/C27H30N6O/c1-20(34)28-23-15-11-22(12-16-23)25-7-4-8-26-30-27(31-33(25)26)29-24-13-9-21(10-14-24)6-5-19-32-17-2-3-18-32/h4,7-16H,2-3,5-6,17-19H2,1H3,(H,28,34)(H,29,31). The van der Waals surface area contributed by atoms with Gasteiger partial charge in [-0.15, -0.1) is 5.10 Å². The van der Waals surface area contributed by atoms with Crippen LogP contribution >= 0.6 is 0 Å². The average Bonchev–Trinajstić information content (AvgIpc) is 3.50. The van der Waals surface area contributed by atoms with Crippen LogP contribution in [0, 0.1) is 0 Å². The molecule has 0 spiro atoms. The van der Waals surface area contributed by atoms with Gasteiger partial charge in [-0.3, -0.25) is 4.79 Å². The van der Waals surface area contributed by atoms with Gasteiger partial charge in [0.1, 0.15) is 0 Å². The third-order valence-corrected chi connectivity index (χ3v) is 6.21. The first-order chi connectivity index (χ1) is 16.6. The zero-order valence-corrected chi connectivity index (χ0v) is 19.5. The molecule has 2 N–H and O–H groups in total. The number of hydrogen-bond donors (Lipinski definition) is 2. The fraction of sp³-hybridized carbons (Fsp3) is 0.296. The Kier molecular flexibility index (Phi) is 6.53. The molecule has 2 aromatic heterocycles. The van der Waals surface area contributed by atoms with E-state index in [-0.39, 0.29) is 5.91 Å². The first kappa shape index (κ1) is 22.1. The van der Waals surface area contributed by atoms with Crippen molar-refractivity contribution in [3.05, 3.63) is 72.3 Å². The Hall–Kier alpha value is -3.71. The Morgan fingerprint density at radius 2 is 1.68 bits per heavy atom. The number of nitrogens with zero attached hydrogens (tertiary/aromatic N) is 4. The normalized spacial score (nSPS) is 13.9. The number of fused-ring (bicyclic) bond motifs is 1. The smallest absolute Gasteiger partial charge is 0.247 e. The molecule has 0 radical (unpaired) electrons. The minimum Gasteiger partial charge on any atom is -0.326 e. The summed E-state index contributed by atoms with van der Waals surface area (Å²) in [6, 6.07) is 22.2. The van der Waals surface area contributed by atoms with Gasteiger partial charge in [-0.1, -0.05) is 30.3 Å². The SMILES string of the molecule is CC(=O)Nc1ccc(-c2cccc3nc(Nc4ccc(CCCN5CCCC5)cc4)nn23)cc1. The molecular weight excluding hydrogens is 424 g/mol. The van der Waals surface area contributed by atoms with Gasteiger partial charge < -0.3 is 15.5 Å². The number of carbonyl (C=O) groups is 1. The van der Waals surface area contributed by atoms with E-state index in [1.165, 1.54) is 51.4 Å². The van der Waals surface area contributed by atoms with E-state index in [1.54, 1.807) is 0 Å². The average molecular weight is 455 g/mol. The second kappa shape index (κ2) is 10.1.